The van der Waals surface area contributed by atoms with Crippen molar-refractivity contribution >= 4 is 23.2 Å². The van der Waals surface area contributed by atoms with Crippen LogP contribution in [0.25, 0.3) is 0 Å². The molecule has 2 aliphatic rings. The summed E-state index contributed by atoms with van der Waals surface area (Å²) >= 11 is 1.54. The lowest BCUT2D eigenvalue weighted by Crippen LogP contribution is -2.43. The van der Waals surface area contributed by atoms with Crippen molar-refractivity contribution in [2.24, 2.45) is 11.3 Å². The van der Waals surface area contributed by atoms with Crippen LogP contribution in [0.3, 0.4) is 0 Å². The highest BCUT2D eigenvalue weighted by atomic mass is 32.1. The van der Waals surface area contributed by atoms with Crippen LogP contribution in [0.2, 0.25) is 0 Å². The normalized spacial score (nSPS) is 27.2. The number of hydrogen-bond acceptors (Lipinski definition) is 5. The average molecular weight is 365 g/mol. The van der Waals surface area contributed by atoms with Crippen molar-refractivity contribution in [3.8, 4) is 0 Å². The summed E-state index contributed by atoms with van der Waals surface area (Å²) in [5.41, 5.74) is 0.289. The molecule has 1 amide bonds. The smallest absolute Gasteiger partial charge is 0.313 e. The number of fused-ring (bicyclic) bond motifs is 1. The molecule has 1 aromatic rings. The molecule has 0 radical (unpaired) electrons. The Bertz CT molecular complexity index is 616. The van der Waals surface area contributed by atoms with Crippen LogP contribution in [-0.4, -0.2) is 60.5 Å². The summed E-state index contributed by atoms with van der Waals surface area (Å²) in [6.07, 6.45) is 1.64. The topological polar surface area (TPSA) is 49.9 Å². The van der Waals surface area contributed by atoms with Crippen LogP contribution in [0.5, 0.6) is 0 Å². The number of thiophene rings is 1. The molecule has 2 fully saturated rings. The zero-order chi connectivity index (χ0) is 18.0. The minimum atomic E-state index is -0.468. The van der Waals surface area contributed by atoms with E-state index in [1.165, 1.54) is 0 Å². The van der Waals surface area contributed by atoms with Gasteiger partial charge in [-0.15, -0.1) is 0 Å². The fourth-order valence-corrected chi connectivity index (χ4v) is 4.86. The molecule has 0 saturated carbocycles. The zero-order valence-corrected chi connectivity index (χ0v) is 16.2. The number of rotatable bonds is 4. The summed E-state index contributed by atoms with van der Waals surface area (Å²) in [6.45, 7) is 9.55. The Labute approximate surface area is 153 Å². The third kappa shape index (κ3) is 3.47. The third-order valence-corrected chi connectivity index (χ3v) is 6.36. The lowest BCUT2D eigenvalue weighted by Gasteiger charge is -2.31. The predicted molar refractivity (Wildman–Crippen MR) is 98.7 cm³/mol. The minimum Gasteiger partial charge on any atom is -0.466 e. The Balaban J connectivity index is 1.85. The summed E-state index contributed by atoms with van der Waals surface area (Å²) in [4.78, 5) is 30.0. The van der Waals surface area contributed by atoms with Crippen molar-refractivity contribution in [3.05, 3.63) is 22.4 Å². The van der Waals surface area contributed by atoms with Gasteiger partial charge in [-0.05, 0) is 45.1 Å². The van der Waals surface area contributed by atoms with E-state index in [2.05, 4.69) is 18.7 Å². The molecule has 138 valence electrons. The van der Waals surface area contributed by atoms with Crippen molar-refractivity contribution in [2.75, 3.05) is 32.8 Å². The number of nitrogens with zero attached hydrogens (tertiary/aromatic N) is 2. The molecular weight excluding hydrogens is 336 g/mol. The first-order chi connectivity index (χ1) is 12.0. The average Bonchev–Trinajstić information content (AvgIpc) is 3.19. The molecule has 0 bridgehead atoms. The van der Waals surface area contributed by atoms with E-state index < -0.39 is 5.41 Å². The highest BCUT2D eigenvalue weighted by Gasteiger charge is 2.54. The monoisotopic (exact) mass is 364 g/mol. The van der Waals surface area contributed by atoms with Gasteiger partial charge in [0.15, 0.2) is 0 Å². The molecule has 0 aliphatic carbocycles. The van der Waals surface area contributed by atoms with Crippen molar-refractivity contribution in [1.29, 1.82) is 0 Å². The lowest BCUT2D eigenvalue weighted by molar-refractivity contribution is -0.157. The van der Waals surface area contributed by atoms with Crippen LogP contribution in [-0.2, 0) is 9.53 Å². The van der Waals surface area contributed by atoms with E-state index in [1.54, 1.807) is 11.3 Å². The van der Waals surface area contributed by atoms with E-state index >= 15 is 0 Å². The molecule has 25 heavy (non-hydrogen) atoms. The van der Waals surface area contributed by atoms with Gasteiger partial charge in [0.25, 0.3) is 5.91 Å². The first-order valence-electron chi connectivity index (χ1n) is 9.20. The van der Waals surface area contributed by atoms with Gasteiger partial charge in [-0.3, -0.25) is 14.5 Å². The second-order valence-corrected chi connectivity index (χ2v) is 8.24. The Morgan fingerprint density at radius 3 is 2.84 bits per heavy atom. The van der Waals surface area contributed by atoms with Gasteiger partial charge in [-0.2, -0.15) is 11.3 Å². The summed E-state index contributed by atoms with van der Waals surface area (Å²) in [6, 6.07) is 2.27. The summed E-state index contributed by atoms with van der Waals surface area (Å²) in [5.74, 6) is 0.149. The van der Waals surface area contributed by atoms with Crippen LogP contribution in [0, 0.1) is 11.3 Å². The van der Waals surface area contributed by atoms with Gasteiger partial charge in [0.1, 0.15) is 0 Å². The Hall–Kier alpha value is -1.40. The highest BCUT2D eigenvalue weighted by molar-refractivity contribution is 7.08. The molecule has 0 N–H and O–H groups in total. The first kappa shape index (κ1) is 18.4. The second-order valence-electron chi connectivity index (χ2n) is 7.46. The maximum absolute atomic E-state index is 12.9. The number of carbonyl (C=O) groups is 2. The molecule has 6 heteroatoms. The number of carbonyl (C=O) groups excluding carboxylic acids is 2. The number of likely N-dealkylation sites (tertiary alicyclic amines) is 2. The van der Waals surface area contributed by atoms with Crippen LogP contribution in [0.1, 0.15) is 44.0 Å². The van der Waals surface area contributed by atoms with E-state index in [9.17, 15) is 9.59 Å². The maximum Gasteiger partial charge on any atom is 0.313 e. The van der Waals surface area contributed by atoms with Gasteiger partial charge in [0, 0.05) is 43.5 Å². The van der Waals surface area contributed by atoms with Gasteiger partial charge in [-0.25, -0.2) is 0 Å². The van der Waals surface area contributed by atoms with Gasteiger partial charge >= 0.3 is 5.97 Å². The van der Waals surface area contributed by atoms with Gasteiger partial charge in [0.2, 0.25) is 0 Å². The van der Waals surface area contributed by atoms with E-state index in [0.29, 0.717) is 25.7 Å². The fraction of sp³-hybridized carbons (Fsp3) is 0.684. The Morgan fingerprint density at radius 1 is 1.40 bits per heavy atom. The molecule has 0 unspecified atom stereocenters. The summed E-state index contributed by atoms with van der Waals surface area (Å²) in [5, 5.41) is 3.84. The molecule has 3 rings (SSSR count). The molecular formula is C19H28N2O3S. The zero-order valence-electron chi connectivity index (χ0n) is 15.4. The van der Waals surface area contributed by atoms with E-state index in [4.69, 9.17) is 4.74 Å². The molecule has 3 heterocycles. The van der Waals surface area contributed by atoms with Crippen LogP contribution in [0.4, 0.5) is 0 Å². The Morgan fingerprint density at radius 2 is 2.20 bits per heavy atom. The molecule has 0 spiro atoms. The van der Waals surface area contributed by atoms with Crippen molar-refractivity contribution in [1.82, 2.24) is 9.80 Å². The third-order valence-electron chi connectivity index (χ3n) is 5.68. The van der Waals surface area contributed by atoms with Crippen molar-refractivity contribution in [3.63, 3.8) is 0 Å². The van der Waals surface area contributed by atoms with Gasteiger partial charge < -0.3 is 9.64 Å². The molecule has 1 aromatic heterocycles. The minimum absolute atomic E-state index is 0.0759. The van der Waals surface area contributed by atoms with Crippen LogP contribution < -0.4 is 0 Å². The molecule has 2 atom stereocenters. The SMILES string of the molecule is CCOC(=O)[C@@]12CCCN(C(=O)c3ccsc3)C[C@@H]1CN(C(C)C)C2. The number of esters is 1. The number of ether oxygens (including phenoxy) is 1. The maximum atomic E-state index is 12.9. The second kappa shape index (κ2) is 7.46. The molecule has 5 nitrogen and oxygen atoms in total. The van der Waals surface area contributed by atoms with Crippen molar-refractivity contribution in [2.45, 2.75) is 39.7 Å². The molecule has 2 saturated heterocycles. The van der Waals surface area contributed by atoms with Crippen molar-refractivity contribution < 1.29 is 14.3 Å². The van der Waals surface area contributed by atoms with Crippen LogP contribution in [0.15, 0.2) is 16.8 Å². The van der Waals surface area contributed by atoms with Gasteiger partial charge in [-0.1, -0.05) is 0 Å². The van der Waals surface area contributed by atoms with Gasteiger partial charge in [0.05, 0.1) is 17.6 Å². The quantitative estimate of drug-likeness (QED) is 0.771. The van der Waals surface area contributed by atoms with E-state index in [0.717, 1.165) is 31.5 Å². The predicted octanol–water partition coefficient (Wildman–Crippen LogP) is 2.87. The standard InChI is InChI=1S/C19H28N2O3S/c1-4-24-18(23)19-7-5-8-20(17(22)15-6-9-25-12-15)10-16(19)11-21(13-19)14(2)3/h6,9,12,14,16H,4-5,7-8,10-11,13H2,1-3H3/t16-,19-/m1/s1. The highest BCUT2D eigenvalue weighted by Crippen LogP contribution is 2.44. The summed E-state index contributed by atoms with van der Waals surface area (Å²) < 4.78 is 5.47. The Kier molecular flexibility index (Phi) is 5.49. The summed E-state index contributed by atoms with van der Waals surface area (Å²) in [7, 11) is 0. The largest absolute Gasteiger partial charge is 0.466 e. The number of hydrogen-bond donors (Lipinski definition) is 0. The van der Waals surface area contributed by atoms with Crippen LogP contribution >= 0.6 is 11.3 Å². The lowest BCUT2D eigenvalue weighted by atomic mass is 9.75. The number of amides is 1. The first-order valence-corrected chi connectivity index (χ1v) is 10.1. The molecule has 2 aliphatic heterocycles. The van der Waals surface area contributed by atoms with E-state index in [-0.39, 0.29) is 17.8 Å². The van der Waals surface area contributed by atoms with E-state index in [1.807, 2.05) is 28.7 Å². The fourth-order valence-electron chi connectivity index (χ4n) is 4.23. The molecule has 0 aromatic carbocycles.